The largest absolute Gasteiger partial charge is 0.481 e. The molecule has 0 aliphatic carbocycles. The minimum Gasteiger partial charge on any atom is -0.481 e. The van der Waals surface area contributed by atoms with E-state index in [9.17, 15) is 9.90 Å². The van der Waals surface area contributed by atoms with Crippen molar-refractivity contribution in [2.24, 2.45) is 25.4 Å². The van der Waals surface area contributed by atoms with E-state index in [-0.39, 0.29) is 0 Å². The average Bonchev–Trinajstić information content (AvgIpc) is 3.69. The van der Waals surface area contributed by atoms with Gasteiger partial charge in [0.25, 0.3) is 0 Å². The van der Waals surface area contributed by atoms with E-state index in [0.717, 1.165) is 121 Å². The van der Waals surface area contributed by atoms with Crippen molar-refractivity contribution in [2.45, 2.75) is 138 Å². The van der Waals surface area contributed by atoms with E-state index >= 15 is 0 Å². The molecule has 0 spiro atoms. The molecule has 252 valence electrons. The van der Waals surface area contributed by atoms with E-state index in [1.54, 1.807) is 0 Å². The molecule has 1 aromatic rings. The van der Waals surface area contributed by atoms with E-state index in [0.29, 0.717) is 23.9 Å². The number of carboxylic acids is 1. The molecule has 4 aliphatic heterocycles. The van der Waals surface area contributed by atoms with Crippen LogP contribution in [0.1, 0.15) is 130 Å². The fourth-order valence-electron chi connectivity index (χ4n) is 7.38. The molecule has 5 heterocycles. The maximum Gasteiger partial charge on any atom is 0.316 e. The Morgan fingerprint density at radius 2 is 1.43 bits per heavy atom. The third kappa shape index (κ3) is 6.40. The molecule has 5 rings (SSSR count). The van der Waals surface area contributed by atoms with Crippen LogP contribution in [0.2, 0.25) is 0 Å². The van der Waals surface area contributed by atoms with E-state index in [1.807, 2.05) is 6.92 Å². The van der Waals surface area contributed by atoms with Crippen LogP contribution in [0.15, 0.2) is 65.4 Å². The highest BCUT2D eigenvalue weighted by Crippen LogP contribution is 2.46. The minimum atomic E-state index is -1.14. The summed E-state index contributed by atoms with van der Waals surface area (Å²) in [5.74, 6) is 1.13. The van der Waals surface area contributed by atoms with Gasteiger partial charge in [0.2, 0.25) is 0 Å². The summed E-state index contributed by atoms with van der Waals surface area (Å²) < 4.78 is 0. The van der Waals surface area contributed by atoms with Gasteiger partial charge in [-0.1, -0.05) is 59.8 Å². The van der Waals surface area contributed by atoms with Gasteiger partial charge in [-0.25, -0.2) is 20.0 Å². The molecule has 47 heavy (non-hydrogen) atoms. The normalized spacial score (nSPS) is 25.1. The molecule has 0 amide bonds. The number of hydrogen-bond donors (Lipinski definition) is 3. The van der Waals surface area contributed by atoms with Gasteiger partial charge >= 0.3 is 5.97 Å². The number of aliphatic imine (C=N–C) groups is 3. The molecule has 0 fully saturated rings. The average molecular weight is 639 g/mol. The Kier molecular flexibility index (Phi) is 10.7. The molecule has 8 nitrogen and oxygen atoms in total. The van der Waals surface area contributed by atoms with Crippen LogP contribution < -0.4 is 16.2 Å². The summed E-state index contributed by atoms with van der Waals surface area (Å²) in [7, 11) is 0. The second kappa shape index (κ2) is 14.5. The maximum absolute atomic E-state index is 13.4. The van der Waals surface area contributed by atoms with Crippen LogP contribution >= 0.6 is 0 Å². The Hall–Kier alpha value is -3.81. The number of H-pyrrole nitrogens is 1. The molecular formula is C39H54N6O2. The Morgan fingerprint density at radius 1 is 0.809 bits per heavy atom. The molecular weight excluding hydrogens is 584 g/mol. The van der Waals surface area contributed by atoms with E-state index in [4.69, 9.17) is 20.0 Å². The lowest BCUT2D eigenvalue weighted by Crippen LogP contribution is -2.44. The first kappa shape index (κ1) is 34.5. The fourth-order valence-corrected chi connectivity index (χ4v) is 7.38. The predicted molar refractivity (Wildman–Crippen MR) is 193 cm³/mol. The molecule has 4 aliphatic rings. The molecule has 0 saturated carbocycles. The number of hydrogen-bond acceptors (Lipinski definition) is 6. The van der Waals surface area contributed by atoms with Crippen molar-refractivity contribution >= 4 is 29.4 Å². The lowest BCUT2D eigenvalue weighted by Gasteiger charge is -2.31. The third-order valence-corrected chi connectivity index (χ3v) is 10.6. The van der Waals surface area contributed by atoms with E-state index in [1.165, 1.54) is 11.1 Å². The fraction of sp³-hybridized carbons (Fsp3) is 0.564. The lowest BCUT2D eigenvalue weighted by atomic mass is 9.72. The third-order valence-electron chi connectivity index (χ3n) is 10.6. The van der Waals surface area contributed by atoms with Crippen molar-refractivity contribution in [1.29, 1.82) is 0 Å². The van der Waals surface area contributed by atoms with Crippen LogP contribution in [0.3, 0.4) is 0 Å². The van der Waals surface area contributed by atoms with Crippen molar-refractivity contribution in [3.63, 3.8) is 0 Å². The maximum atomic E-state index is 13.4. The highest BCUT2D eigenvalue weighted by molar-refractivity contribution is 6.32. The highest BCUT2D eigenvalue weighted by Gasteiger charge is 2.52. The van der Waals surface area contributed by atoms with Crippen LogP contribution in [-0.2, 0) is 11.2 Å². The monoisotopic (exact) mass is 638 g/mol. The smallest absolute Gasteiger partial charge is 0.316 e. The van der Waals surface area contributed by atoms with Crippen molar-refractivity contribution in [3.8, 4) is 0 Å². The summed E-state index contributed by atoms with van der Waals surface area (Å²) in [4.78, 5) is 37.6. The molecule has 8 heteroatoms. The van der Waals surface area contributed by atoms with Crippen LogP contribution in [0.5, 0.6) is 0 Å². The number of nitrogens with zero attached hydrogens (tertiary/aromatic N) is 4. The van der Waals surface area contributed by atoms with Crippen molar-refractivity contribution in [1.82, 2.24) is 10.3 Å². The number of rotatable bonds is 13. The number of amidine groups is 2. The van der Waals surface area contributed by atoms with Gasteiger partial charge in [-0.2, -0.15) is 0 Å². The zero-order valence-corrected chi connectivity index (χ0v) is 29.9. The van der Waals surface area contributed by atoms with Crippen LogP contribution in [0.4, 0.5) is 0 Å². The Morgan fingerprint density at radius 3 is 2.09 bits per heavy atom. The number of allylic oxidation sites excluding steroid dienone is 2. The molecule has 0 aromatic carbocycles. The molecule has 2 atom stereocenters. The summed E-state index contributed by atoms with van der Waals surface area (Å²) in [6.45, 7) is 17.0. The quantitative estimate of drug-likeness (QED) is 0.206. The van der Waals surface area contributed by atoms with Gasteiger partial charge in [0.15, 0.2) is 11.7 Å². The van der Waals surface area contributed by atoms with Crippen LogP contribution in [0.25, 0.3) is 6.08 Å². The number of carbonyl (C=O) groups is 1. The number of carboxylic acid groups (broad SMARTS) is 1. The Bertz CT molecular complexity index is 1780. The van der Waals surface area contributed by atoms with Gasteiger partial charge in [0.1, 0.15) is 16.7 Å². The Labute approximate surface area is 280 Å². The number of nitrogens with one attached hydrogen (secondary N) is 2. The standard InChI is InChI=1S/C39H54N6O2/c1-9-13-17-27-23(5)34-40-30(27)21-31-28(18-14-10-2)24(6)36(41-31)45-37-26(8)39(38(46)47,20-16-12-4)33(43-37)22-32-29(19-15-11-3)25(7)35(42-32)44-34/h21-22,33,43H,9-20H2,1-8H3,(H,46,47)(H,40,42,44)/b30-21-,32-22-,45-36-. The van der Waals surface area contributed by atoms with Gasteiger partial charge < -0.3 is 15.4 Å². The molecule has 8 bridgehead atoms. The summed E-state index contributed by atoms with van der Waals surface area (Å²) in [6.07, 6.45) is 15.6. The van der Waals surface area contributed by atoms with Crippen LogP contribution in [0, 0.1) is 12.3 Å². The first-order valence-electron chi connectivity index (χ1n) is 18.0. The van der Waals surface area contributed by atoms with Crippen molar-refractivity contribution in [2.75, 3.05) is 0 Å². The van der Waals surface area contributed by atoms with Crippen molar-refractivity contribution in [3.05, 3.63) is 67.4 Å². The summed E-state index contributed by atoms with van der Waals surface area (Å²) >= 11 is 0. The van der Waals surface area contributed by atoms with E-state index in [2.05, 4.69) is 70.9 Å². The first-order valence-corrected chi connectivity index (χ1v) is 18.0. The number of fused-ring (bicyclic) bond motifs is 6. The minimum absolute atomic E-state index is 0.512. The molecule has 0 radical (unpaired) electrons. The highest BCUT2D eigenvalue weighted by atomic mass is 16.4. The zero-order chi connectivity index (χ0) is 33.9. The number of aromatic amines is 1. The summed E-state index contributed by atoms with van der Waals surface area (Å²) in [6, 6.07) is -0.513. The molecule has 3 N–H and O–H groups in total. The zero-order valence-electron chi connectivity index (χ0n) is 29.9. The first-order chi connectivity index (χ1) is 22.6. The van der Waals surface area contributed by atoms with Gasteiger partial charge in [0.05, 0.1) is 17.5 Å². The molecule has 1 aromatic heterocycles. The van der Waals surface area contributed by atoms with Gasteiger partial charge in [-0.15, -0.1) is 0 Å². The SMILES string of the molecule is CCCCC1=C(C)/C2=N/C3=C(C)C(CCCC)(C(=O)O)C(/C=C4\N=C(N=c5[nH]/c(c(CCCC)c5C)=C\C1=N2)C(C)=C4CCCC)N3. The lowest BCUT2D eigenvalue weighted by molar-refractivity contribution is -0.147. The summed E-state index contributed by atoms with van der Waals surface area (Å²) in [5.41, 5.74) is 9.07. The molecule has 2 unspecified atom stereocenters. The topological polar surface area (TPSA) is 115 Å². The number of unbranched alkanes of at least 4 members (excludes halogenated alkanes) is 4. The second-order valence-corrected chi connectivity index (χ2v) is 13.7. The van der Waals surface area contributed by atoms with Gasteiger partial charge in [-0.3, -0.25) is 4.79 Å². The summed E-state index contributed by atoms with van der Waals surface area (Å²) in [5, 5.41) is 15.6. The number of aromatic nitrogens is 1. The Balaban J connectivity index is 1.84. The number of aliphatic carboxylic acids is 1. The van der Waals surface area contributed by atoms with E-state index < -0.39 is 17.4 Å². The van der Waals surface area contributed by atoms with Crippen molar-refractivity contribution < 1.29 is 9.90 Å². The van der Waals surface area contributed by atoms with Gasteiger partial charge in [-0.05, 0) is 124 Å². The second-order valence-electron chi connectivity index (χ2n) is 13.7. The molecule has 0 saturated heterocycles. The van der Waals surface area contributed by atoms with Gasteiger partial charge in [0, 0.05) is 5.35 Å². The predicted octanol–water partition coefficient (Wildman–Crippen LogP) is 7.71. The van der Waals surface area contributed by atoms with Crippen LogP contribution in [-0.4, -0.2) is 39.5 Å².